The van der Waals surface area contributed by atoms with Crippen LogP contribution in [0.25, 0.3) is 0 Å². The van der Waals surface area contributed by atoms with Crippen molar-refractivity contribution in [3.8, 4) is 0 Å². The number of nitrogens with one attached hydrogen (secondary N) is 2. The second-order valence-electron chi connectivity index (χ2n) is 7.72. The van der Waals surface area contributed by atoms with E-state index >= 15 is 0 Å². The van der Waals surface area contributed by atoms with Crippen LogP contribution in [0, 0.1) is 0 Å². The van der Waals surface area contributed by atoms with Crippen LogP contribution >= 0.6 is 0 Å². The summed E-state index contributed by atoms with van der Waals surface area (Å²) in [5.41, 5.74) is 1.11. The van der Waals surface area contributed by atoms with E-state index in [4.69, 9.17) is 4.55 Å². The molecule has 2 aliphatic heterocycles. The molecule has 33 heavy (non-hydrogen) atoms. The van der Waals surface area contributed by atoms with Crippen LogP contribution in [0.4, 0.5) is 10.5 Å². The predicted molar refractivity (Wildman–Crippen MR) is 116 cm³/mol. The van der Waals surface area contributed by atoms with Crippen LogP contribution in [-0.2, 0) is 24.3 Å². The van der Waals surface area contributed by atoms with Gasteiger partial charge >= 0.3 is 16.4 Å². The van der Waals surface area contributed by atoms with Gasteiger partial charge in [-0.3, -0.25) is 14.1 Å². The van der Waals surface area contributed by atoms with Gasteiger partial charge in [0, 0.05) is 12.2 Å². The Labute approximate surface area is 190 Å². The Morgan fingerprint density at radius 3 is 2.30 bits per heavy atom. The summed E-state index contributed by atoms with van der Waals surface area (Å²) < 4.78 is 35.4. The first kappa shape index (κ1) is 22.7. The van der Waals surface area contributed by atoms with Gasteiger partial charge in [0.1, 0.15) is 12.1 Å². The van der Waals surface area contributed by atoms with Crippen LogP contribution in [0.3, 0.4) is 0 Å². The number of piperidine rings is 1. The summed E-state index contributed by atoms with van der Waals surface area (Å²) in [6, 6.07) is 14.0. The fraction of sp³-hybridized carbons (Fsp3) is 0.286. The summed E-state index contributed by atoms with van der Waals surface area (Å²) in [5.74, 6) is -1.02. The Balaban J connectivity index is 1.51. The lowest BCUT2D eigenvalue weighted by atomic mass is 9.99. The van der Waals surface area contributed by atoms with Crippen LogP contribution in [0.15, 0.2) is 60.7 Å². The van der Waals surface area contributed by atoms with E-state index in [2.05, 4.69) is 14.9 Å². The molecule has 11 nitrogen and oxygen atoms in total. The molecule has 0 saturated carbocycles. The molecule has 0 aromatic heterocycles. The largest absolute Gasteiger partial charge is 0.418 e. The van der Waals surface area contributed by atoms with Crippen molar-refractivity contribution in [2.75, 3.05) is 11.9 Å². The monoisotopic (exact) mass is 474 g/mol. The van der Waals surface area contributed by atoms with E-state index < -0.39 is 46.4 Å². The summed E-state index contributed by atoms with van der Waals surface area (Å²) in [4.78, 5) is 40.0. The molecule has 3 N–H and O–H groups in total. The number of nitrogens with zero attached hydrogens (tertiary/aromatic N) is 2. The summed E-state index contributed by atoms with van der Waals surface area (Å²) >= 11 is 0. The highest BCUT2D eigenvalue weighted by Crippen LogP contribution is 2.31. The quantitative estimate of drug-likeness (QED) is 0.516. The lowest BCUT2D eigenvalue weighted by Gasteiger charge is -2.30. The van der Waals surface area contributed by atoms with Gasteiger partial charge in [0.2, 0.25) is 5.91 Å². The molecule has 0 radical (unpaired) electrons. The van der Waals surface area contributed by atoms with Crippen LogP contribution in [0.5, 0.6) is 0 Å². The third-order valence-electron chi connectivity index (χ3n) is 5.52. The Hall–Kier alpha value is -3.48. The highest BCUT2D eigenvalue weighted by Gasteiger charge is 2.49. The minimum absolute atomic E-state index is 0.0542. The number of rotatable bonds is 7. The third kappa shape index (κ3) is 5.13. The second-order valence-corrected chi connectivity index (χ2v) is 8.72. The van der Waals surface area contributed by atoms with Gasteiger partial charge in [-0.1, -0.05) is 48.5 Å². The molecule has 0 spiro atoms. The number of para-hydroxylation sites is 1. The van der Waals surface area contributed by atoms with Crippen molar-refractivity contribution >= 4 is 33.9 Å². The van der Waals surface area contributed by atoms with E-state index in [0.717, 1.165) is 0 Å². The van der Waals surface area contributed by atoms with Gasteiger partial charge in [0.25, 0.3) is 5.91 Å². The van der Waals surface area contributed by atoms with E-state index in [9.17, 15) is 22.8 Å². The Morgan fingerprint density at radius 1 is 1.03 bits per heavy atom. The molecule has 2 aromatic carbocycles. The molecular weight excluding hydrogens is 452 g/mol. The van der Waals surface area contributed by atoms with E-state index in [1.165, 1.54) is 4.90 Å². The maximum Gasteiger partial charge on any atom is 0.418 e. The Bertz CT molecular complexity index is 1140. The van der Waals surface area contributed by atoms with Crippen LogP contribution < -0.4 is 10.6 Å². The number of amides is 4. The minimum Gasteiger partial charge on any atom is -0.339 e. The number of benzene rings is 2. The number of fused-ring (bicyclic) bond motifs is 2. The number of hydrogen-bond donors (Lipinski definition) is 3. The molecule has 4 amide bonds. The zero-order chi connectivity index (χ0) is 23.6. The average Bonchev–Trinajstić information content (AvgIpc) is 3.02. The summed E-state index contributed by atoms with van der Waals surface area (Å²) in [6.07, 6.45) is 0.511. The Kier molecular flexibility index (Phi) is 6.31. The van der Waals surface area contributed by atoms with E-state index in [0.29, 0.717) is 16.3 Å². The number of anilines is 1. The molecule has 2 bridgehead atoms. The molecule has 3 atom stereocenters. The number of hydroxylamine groups is 2. The predicted octanol–water partition coefficient (Wildman–Crippen LogP) is 1.49. The summed E-state index contributed by atoms with van der Waals surface area (Å²) in [5, 5.41) is 6.05. The van der Waals surface area contributed by atoms with Crippen molar-refractivity contribution in [1.82, 2.24) is 15.3 Å². The Morgan fingerprint density at radius 2 is 1.67 bits per heavy atom. The van der Waals surface area contributed by atoms with E-state index in [1.54, 1.807) is 54.6 Å². The molecule has 2 saturated heterocycles. The van der Waals surface area contributed by atoms with Crippen molar-refractivity contribution < 1.29 is 31.6 Å². The minimum atomic E-state index is -4.89. The van der Waals surface area contributed by atoms with Gasteiger partial charge in [-0.15, -0.1) is 4.28 Å². The second kappa shape index (κ2) is 9.17. The zero-order valence-corrected chi connectivity index (χ0v) is 18.1. The van der Waals surface area contributed by atoms with Gasteiger partial charge < -0.3 is 15.5 Å². The number of urea groups is 1. The van der Waals surface area contributed by atoms with Gasteiger partial charge in [0.05, 0.1) is 6.04 Å². The molecule has 12 heteroatoms. The number of hydrogen-bond acceptors (Lipinski definition) is 6. The molecule has 2 aliphatic rings. The van der Waals surface area contributed by atoms with Crippen molar-refractivity contribution in [1.29, 1.82) is 0 Å². The van der Waals surface area contributed by atoms with Crippen molar-refractivity contribution in [3.63, 3.8) is 0 Å². The number of carbonyl (C=O) groups excluding carboxylic acids is 3. The lowest BCUT2D eigenvalue weighted by molar-refractivity contribution is -0.130. The van der Waals surface area contributed by atoms with E-state index in [1.807, 2.05) is 6.07 Å². The fourth-order valence-corrected chi connectivity index (χ4v) is 4.41. The zero-order valence-electron chi connectivity index (χ0n) is 17.3. The normalized spacial score (nSPS) is 20.9. The smallest absolute Gasteiger partial charge is 0.339 e. The van der Waals surface area contributed by atoms with Gasteiger partial charge in [-0.25, -0.2) is 4.79 Å². The maximum atomic E-state index is 13.2. The van der Waals surface area contributed by atoms with Crippen LogP contribution in [-0.4, -0.2) is 59.4 Å². The number of carbonyl (C=O) groups is 3. The first-order chi connectivity index (χ1) is 15.7. The van der Waals surface area contributed by atoms with E-state index in [-0.39, 0.29) is 19.4 Å². The summed E-state index contributed by atoms with van der Waals surface area (Å²) in [7, 11) is -4.89. The maximum absolute atomic E-state index is 13.2. The standard InChI is InChI=1S/C21H22N4O7S/c26-19(17-12-11-16-13-24(17)21(28)25(16)32-33(29,30)31)23-18(14-7-3-1-4-8-14)20(27)22-15-9-5-2-6-10-15/h1-10,16-18H,11-13H2,(H,22,27)(H,23,26)(H,29,30,31)/t16?,17-,18+/m0/s1. The van der Waals surface area contributed by atoms with Gasteiger partial charge in [-0.2, -0.15) is 13.5 Å². The van der Waals surface area contributed by atoms with Crippen molar-refractivity contribution in [2.24, 2.45) is 0 Å². The first-order valence-electron chi connectivity index (χ1n) is 10.2. The SMILES string of the molecule is O=C(Nc1ccccc1)[C@H](NC(=O)[C@@H]1CCC2CN1C(=O)N2OS(=O)(=O)O)c1ccccc1. The molecule has 1 unspecified atom stereocenters. The fourth-order valence-electron chi connectivity index (χ4n) is 4.02. The molecule has 2 fully saturated rings. The third-order valence-corrected chi connectivity index (χ3v) is 5.87. The highest BCUT2D eigenvalue weighted by molar-refractivity contribution is 7.80. The topological polar surface area (TPSA) is 145 Å². The lowest BCUT2D eigenvalue weighted by Crippen LogP contribution is -2.51. The molecule has 2 heterocycles. The van der Waals surface area contributed by atoms with Crippen molar-refractivity contribution in [3.05, 3.63) is 66.2 Å². The van der Waals surface area contributed by atoms with Crippen LogP contribution in [0.1, 0.15) is 24.4 Å². The molecule has 174 valence electrons. The summed E-state index contributed by atoms with van der Waals surface area (Å²) in [6.45, 7) is 0.0542. The first-order valence-corrected chi connectivity index (χ1v) is 11.6. The van der Waals surface area contributed by atoms with Crippen LogP contribution in [0.2, 0.25) is 0 Å². The average molecular weight is 474 g/mol. The molecular formula is C21H22N4O7S. The molecule has 0 aliphatic carbocycles. The van der Waals surface area contributed by atoms with Gasteiger partial charge in [0.15, 0.2) is 0 Å². The highest BCUT2D eigenvalue weighted by atomic mass is 32.3. The van der Waals surface area contributed by atoms with Gasteiger partial charge in [-0.05, 0) is 30.5 Å². The molecule has 2 aromatic rings. The van der Waals surface area contributed by atoms with Crippen molar-refractivity contribution in [2.45, 2.75) is 31.0 Å². The molecule has 4 rings (SSSR count).